The smallest absolute Gasteiger partial charge is 0.322 e. The standard InChI is InChI=1S/CH4I2O6P2/c2-1(3,10(4,5)6)11(7,8)9/h(H2,4,5,6)(H2,7,8,9). The predicted octanol–water partition coefficient (Wildman–Crippen LogP) is 0.823. The van der Waals surface area contributed by atoms with E-state index < -0.39 is 16.1 Å². The third-order valence-corrected chi connectivity index (χ3v) is 11.2. The molecule has 0 atom stereocenters. The van der Waals surface area contributed by atoms with Crippen LogP contribution in [0.15, 0.2) is 0 Å². The summed E-state index contributed by atoms with van der Waals surface area (Å²) in [5, 5.41) is 0. The van der Waals surface area contributed by atoms with Crippen LogP contribution in [-0.4, -0.2) is 20.5 Å². The molecule has 0 rings (SSSR count). The van der Waals surface area contributed by atoms with Gasteiger partial charge in [-0.15, -0.1) is 0 Å². The average Bonchev–Trinajstić information content (AvgIpc) is 1.58. The molecule has 0 saturated carbocycles. The van der Waals surface area contributed by atoms with Crippen molar-refractivity contribution in [3.8, 4) is 0 Å². The van der Waals surface area contributed by atoms with E-state index in [-0.39, 0.29) is 0 Å². The van der Waals surface area contributed by atoms with Crippen LogP contribution in [0.4, 0.5) is 0 Å². The Kier molecular flexibility index (Phi) is 4.04. The summed E-state index contributed by atoms with van der Waals surface area (Å²) in [6.45, 7) is 0. The van der Waals surface area contributed by atoms with Crippen LogP contribution in [0, 0.1) is 0 Å². The van der Waals surface area contributed by atoms with E-state index in [9.17, 15) is 9.13 Å². The van der Waals surface area contributed by atoms with Gasteiger partial charge in [0.05, 0.1) is 0 Å². The van der Waals surface area contributed by atoms with Crippen molar-refractivity contribution in [1.82, 2.24) is 0 Å². The molecule has 10 heteroatoms. The molecule has 0 aliphatic carbocycles. The molecule has 0 heterocycles. The first kappa shape index (κ1) is 12.8. The summed E-state index contributed by atoms with van der Waals surface area (Å²) in [6.07, 6.45) is 0. The summed E-state index contributed by atoms with van der Waals surface area (Å²) >= 11 is 2.10. The van der Waals surface area contributed by atoms with Crippen molar-refractivity contribution < 1.29 is 28.7 Å². The number of hydrogen-bond acceptors (Lipinski definition) is 2. The Labute approximate surface area is 89.4 Å². The van der Waals surface area contributed by atoms with Crippen LogP contribution in [0.25, 0.3) is 0 Å². The summed E-state index contributed by atoms with van der Waals surface area (Å²) < 4.78 is 18.6. The van der Waals surface area contributed by atoms with E-state index in [0.717, 1.165) is 45.2 Å². The Morgan fingerprint density at radius 3 is 1.09 bits per heavy atom. The van der Waals surface area contributed by atoms with Crippen LogP contribution >= 0.6 is 60.4 Å². The van der Waals surface area contributed by atoms with E-state index in [1.807, 2.05) is 0 Å². The molecule has 0 aliphatic heterocycles. The number of alkyl halides is 2. The van der Waals surface area contributed by atoms with Crippen LogP contribution in [0.1, 0.15) is 0 Å². The fourth-order valence-electron chi connectivity index (χ4n) is 0.170. The molecule has 0 aromatic rings. The third kappa shape index (κ3) is 2.87. The molecule has 0 aliphatic rings. The lowest BCUT2D eigenvalue weighted by atomic mass is 11.9. The number of hydrogen-bond donors (Lipinski definition) is 4. The molecule has 0 fully saturated rings. The first-order chi connectivity index (χ1) is 4.50. The Bertz CT molecular complexity index is 211. The fourth-order valence-corrected chi connectivity index (χ4v) is 1.53. The lowest BCUT2D eigenvalue weighted by Crippen LogP contribution is -2.11. The largest absolute Gasteiger partial charge is 0.363 e. The average molecular weight is 428 g/mol. The molecule has 0 radical (unpaired) electrons. The van der Waals surface area contributed by atoms with Gasteiger partial charge in [-0.05, 0) is 45.2 Å². The molecular weight excluding hydrogens is 424 g/mol. The van der Waals surface area contributed by atoms with Crippen molar-refractivity contribution >= 4 is 60.4 Å². The Balaban J connectivity index is 5.08. The van der Waals surface area contributed by atoms with Gasteiger partial charge in [0.25, 0.3) is 0.911 Å². The van der Waals surface area contributed by atoms with Crippen molar-refractivity contribution in [1.29, 1.82) is 0 Å². The van der Waals surface area contributed by atoms with Gasteiger partial charge < -0.3 is 19.6 Å². The molecular formula is CH4I2O6P2. The van der Waals surface area contributed by atoms with Gasteiger partial charge >= 0.3 is 15.2 Å². The zero-order valence-corrected chi connectivity index (χ0v) is 10.9. The Morgan fingerprint density at radius 2 is 1.09 bits per heavy atom. The maximum absolute atomic E-state index is 10.5. The van der Waals surface area contributed by atoms with E-state index in [1.165, 1.54) is 0 Å². The minimum Gasteiger partial charge on any atom is -0.322 e. The number of halogens is 2. The van der Waals surface area contributed by atoms with Crippen molar-refractivity contribution in [2.24, 2.45) is 0 Å². The maximum Gasteiger partial charge on any atom is 0.363 e. The minimum absolute atomic E-state index is 1.05. The summed E-state index contributed by atoms with van der Waals surface area (Å²) in [4.78, 5) is 33.9. The molecule has 0 bridgehead atoms. The van der Waals surface area contributed by atoms with Crippen molar-refractivity contribution in [3.05, 3.63) is 0 Å². The summed E-state index contributed by atoms with van der Waals surface area (Å²) in [6, 6.07) is 0. The van der Waals surface area contributed by atoms with E-state index in [0.29, 0.717) is 0 Å². The fraction of sp³-hybridized carbons (Fsp3) is 1.00. The first-order valence-corrected chi connectivity index (χ1v) is 7.37. The molecule has 0 unspecified atom stereocenters. The van der Waals surface area contributed by atoms with Crippen LogP contribution < -0.4 is 0 Å². The molecule has 11 heavy (non-hydrogen) atoms. The number of rotatable bonds is 2. The zero-order valence-electron chi connectivity index (χ0n) is 4.76. The molecule has 0 saturated heterocycles. The van der Waals surface area contributed by atoms with Crippen LogP contribution in [0.5, 0.6) is 0 Å². The Morgan fingerprint density at radius 1 is 0.909 bits per heavy atom. The van der Waals surface area contributed by atoms with Crippen molar-refractivity contribution in [2.45, 2.75) is 0.911 Å². The monoisotopic (exact) mass is 428 g/mol. The zero-order chi connectivity index (χ0) is 9.50. The van der Waals surface area contributed by atoms with Gasteiger partial charge in [0.1, 0.15) is 0 Å². The summed E-state index contributed by atoms with van der Waals surface area (Å²) in [5.41, 5.74) is 0. The van der Waals surface area contributed by atoms with Gasteiger partial charge in [0.2, 0.25) is 0 Å². The van der Waals surface area contributed by atoms with Gasteiger partial charge in [-0.1, -0.05) is 0 Å². The van der Waals surface area contributed by atoms with E-state index in [4.69, 9.17) is 19.6 Å². The van der Waals surface area contributed by atoms with E-state index >= 15 is 0 Å². The molecule has 0 amide bonds. The second kappa shape index (κ2) is 3.49. The first-order valence-electron chi connectivity index (χ1n) is 1.99. The third-order valence-electron chi connectivity index (χ3n) is 0.701. The van der Waals surface area contributed by atoms with Gasteiger partial charge in [0, 0.05) is 0 Å². The Hall–Kier alpha value is 1.76. The van der Waals surface area contributed by atoms with Gasteiger partial charge in [-0.3, -0.25) is 9.13 Å². The molecule has 4 N–H and O–H groups in total. The lowest BCUT2D eigenvalue weighted by molar-refractivity contribution is 0.352. The molecule has 0 spiro atoms. The lowest BCUT2D eigenvalue weighted by Gasteiger charge is -2.22. The highest BCUT2D eigenvalue weighted by Crippen LogP contribution is 2.76. The van der Waals surface area contributed by atoms with E-state index in [1.54, 1.807) is 0 Å². The topological polar surface area (TPSA) is 115 Å². The normalized spacial score (nSPS) is 15.1. The van der Waals surface area contributed by atoms with Gasteiger partial charge in [0.15, 0.2) is 0 Å². The van der Waals surface area contributed by atoms with Crippen molar-refractivity contribution in [2.75, 3.05) is 0 Å². The summed E-state index contributed by atoms with van der Waals surface area (Å²) in [7, 11) is -9.56. The summed E-state index contributed by atoms with van der Waals surface area (Å²) in [5.74, 6) is 0. The molecule has 0 aromatic heterocycles. The second-order valence-corrected chi connectivity index (χ2v) is 14.2. The molecule has 68 valence electrons. The molecule has 6 nitrogen and oxygen atoms in total. The van der Waals surface area contributed by atoms with Crippen LogP contribution in [0.2, 0.25) is 0 Å². The quantitative estimate of drug-likeness (QED) is 0.295. The van der Waals surface area contributed by atoms with Crippen molar-refractivity contribution in [3.63, 3.8) is 0 Å². The minimum atomic E-state index is -4.78. The predicted molar refractivity (Wildman–Crippen MR) is 54.9 cm³/mol. The highest BCUT2D eigenvalue weighted by atomic mass is 127. The second-order valence-electron chi connectivity index (χ2n) is 1.60. The highest BCUT2D eigenvalue weighted by molar-refractivity contribution is 14.2. The van der Waals surface area contributed by atoms with Crippen LogP contribution in [0.3, 0.4) is 0 Å². The van der Waals surface area contributed by atoms with Gasteiger partial charge in [-0.25, -0.2) is 0 Å². The highest BCUT2D eigenvalue weighted by Gasteiger charge is 2.56. The van der Waals surface area contributed by atoms with E-state index in [2.05, 4.69) is 0 Å². The maximum atomic E-state index is 10.5. The van der Waals surface area contributed by atoms with Gasteiger partial charge in [-0.2, -0.15) is 0 Å². The molecule has 0 aromatic carbocycles. The van der Waals surface area contributed by atoms with Crippen LogP contribution in [-0.2, 0) is 9.13 Å². The SMILES string of the molecule is O=P(O)(O)C(I)(I)P(=O)(O)O.